The van der Waals surface area contributed by atoms with Gasteiger partial charge in [0.1, 0.15) is 0 Å². The monoisotopic (exact) mass is 206 g/mol. The minimum Gasteiger partial charge on any atom is -0.369 e. The molecule has 0 aromatic carbocycles. The van der Waals surface area contributed by atoms with Gasteiger partial charge in [-0.1, -0.05) is 6.07 Å². The molecule has 0 unspecified atom stereocenters. The summed E-state index contributed by atoms with van der Waals surface area (Å²) in [5.74, 6) is 0. The molecule has 0 saturated carbocycles. The van der Waals surface area contributed by atoms with Gasteiger partial charge in [0, 0.05) is 18.4 Å². The van der Waals surface area contributed by atoms with Crippen molar-refractivity contribution >= 4 is 0 Å². The highest BCUT2D eigenvalue weighted by molar-refractivity contribution is 5.15. The molecule has 1 aliphatic rings. The van der Waals surface area contributed by atoms with Crippen molar-refractivity contribution in [1.82, 2.24) is 10.3 Å². The molecule has 3 nitrogen and oxygen atoms in total. The van der Waals surface area contributed by atoms with Crippen molar-refractivity contribution in [1.29, 1.82) is 0 Å². The zero-order valence-electron chi connectivity index (χ0n) is 9.36. The Bertz CT molecular complexity index is 304. The summed E-state index contributed by atoms with van der Waals surface area (Å²) in [6.07, 6.45) is 3.52. The number of hydrogen-bond donors (Lipinski definition) is 1. The predicted molar refractivity (Wildman–Crippen MR) is 59.7 cm³/mol. The number of pyridine rings is 1. The van der Waals surface area contributed by atoms with E-state index in [9.17, 15) is 0 Å². The Kier molecular flexibility index (Phi) is 3.34. The molecular formula is C12H18N2O. The number of aryl methyl sites for hydroxylation is 1. The maximum atomic E-state index is 5.93. The maximum Gasteiger partial charge on any atom is 0.0816 e. The van der Waals surface area contributed by atoms with Crippen LogP contribution < -0.4 is 5.32 Å². The molecule has 3 heteroatoms. The van der Waals surface area contributed by atoms with Gasteiger partial charge in [-0.05, 0) is 38.4 Å². The quantitative estimate of drug-likeness (QED) is 0.819. The summed E-state index contributed by atoms with van der Waals surface area (Å²) in [7, 11) is 0. The summed E-state index contributed by atoms with van der Waals surface area (Å²) in [5.41, 5.74) is 2.21. The molecule has 2 atom stereocenters. The molecule has 0 bridgehead atoms. The van der Waals surface area contributed by atoms with Crippen molar-refractivity contribution in [2.45, 2.75) is 32.5 Å². The van der Waals surface area contributed by atoms with E-state index in [1.165, 1.54) is 0 Å². The summed E-state index contributed by atoms with van der Waals surface area (Å²) in [6.45, 7) is 6.13. The fraction of sp³-hybridized carbons (Fsp3) is 0.583. The van der Waals surface area contributed by atoms with E-state index >= 15 is 0 Å². The number of nitrogens with one attached hydrogen (secondary N) is 1. The molecule has 0 spiro atoms. The zero-order chi connectivity index (χ0) is 10.7. The third-order valence-corrected chi connectivity index (χ3v) is 2.82. The number of ether oxygens (including phenoxy) is 1. The highest BCUT2D eigenvalue weighted by atomic mass is 16.5. The van der Waals surface area contributed by atoms with Crippen molar-refractivity contribution in [2.75, 3.05) is 13.1 Å². The van der Waals surface area contributed by atoms with Crippen molar-refractivity contribution < 1.29 is 4.74 Å². The highest BCUT2D eigenvalue weighted by Gasteiger charge is 2.18. The molecule has 1 aromatic heterocycles. The molecule has 1 aromatic rings. The van der Waals surface area contributed by atoms with E-state index in [-0.39, 0.29) is 6.10 Å². The minimum absolute atomic E-state index is 0.142. The third-order valence-electron chi connectivity index (χ3n) is 2.82. The molecular weight excluding hydrogens is 188 g/mol. The molecule has 2 rings (SSSR count). The number of hydrogen-bond acceptors (Lipinski definition) is 3. The number of nitrogens with zero attached hydrogens (tertiary/aromatic N) is 1. The lowest BCUT2D eigenvalue weighted by Gasteiger charge is -2.17. The lowest BCUT2D eigenvalue weighted by Crippen LogP contribution is -2.18. The normalized spacial score (nSPS) is 22.9. The first-order chi connectivity index (χ1) is 7.25. The van der Waals surface area contributed by atoms with Crippen LogP contribution in [0.5, 0.6) is 0 Å². The third kappa shape index (κ3) is 2.76. The van der Waals surface area contributed by atoms with Crippen molar-refractivity contribution in [3.8, 4) is 0 Å². The Labute approximate surface area is 90.9 Å². The Hall–Kier alpha value is -0.930. The number of rotatable bonds is 3. The van der Waals surface area contributed by atoms with E-state index in [0.717, 1.165) is 30.8 Å². The van der Waals surface area contributed by atoms with Crippen LogP contribution in [0.1, 0.15) is 30.7 Å². The SMILES string of the molecule is Cc1ccc([C@H](C)O[C@@H]2CCNC2)cn1. The average molecular weight is 206 g/mol. The Balaban J connectivity index is 1.94. The largest absolute Gasteiger partial charge is 0.369 e. The summed E-state index contributed by atoms with van der Waals surface area (Å²) >= 11 is 0. The average Bonchev–Trinajstić information content (AvgIpc) is 2.71. The fourth-order valence-corrected chi connectivity index (χ4v) is 1.83. The van der Waals surface area contributed by atoms with Crippen LogP contribution in [-0.4, -0.2) is 24.2 Å². The Morgan fingerprint density at radius 3 is 3.00 bits per heavy atom. The predicted octanol–water partition coefficient (Wildman–Crippen LogP) is 1.83. The van der Waals surface area contributed by atoms with Crippen LogP contribution in [0.3, 0.4) is 0 Å². The van der Waals surface area contributed by atoms with E-state index in [2.05, 4.69) is 23.3 Å². The van der Waals surface area contributed by atoms with Crippen LogP contribution in [0, 0.1) is 6.92 Å². The van der Waals surface area contributed by atoms with Crippen LogP contribution >= 0.6 is 0 Å². The van der Waals surface area contributed by atoms with E-state index < -0.39 is 0 Å². The van der Waals surface area contributed by atoms with Gasteiger partial charge >= 0.3 is 0 Å². The summed E-state index contributed by atoms with van der Waals surface area (Å²) < 4.78 is 5.93. The Morgan fingerprint density at radius 1 is 1.53 bits per heavy atom. The first-order valence-corrected chi connectivity index (χ1v) is 5.54. The molecule has 0 radical (unpaired) electrons. The second-order valence-corrected chi connectivity index (χ2v) is 4.13. The highest BCUT2D eigenvalue weighted by Crippen LogP contribution is 2.19. The topological polar surface area (TPSA) is 34.1 Å². The molecule has 0 amide bonds. The van der Waals surface area contributed by atoms with Crippen LogP contribution in [0.2, 0.25) is 0 Å². The van der Waals surface area contributed by atoms with Gasteiger partial charge < -0.3 is 10.1 Å². The van der Waals surface area contributed by atoms with E-state index in [4.69, 9.17) is 4.74 Å². The lowest BCUT2D eigenvalue weighted by molar-refractivity contribution is 0.00811. The van der Waals surface area contributed by atoms with Crippen molar-refractivity contribution in [3.63, 3.8) is 0 Å². The first-order valence-electron chi connectivity index (χ1n) is 5.54. The molecule has 0 aliphatic carbocycles. The number of aromatic nitrogens is 1. The second-order valence-electron chi connectivity index (χ2n) is 4.13. The molecule has 2 heterocycles. The molecule has 1 saturated heterocycles. The summed E-state index contributed by atoms with van der Waals surface area (Å²) in [5, 5.41) is 3.30. The van der Waals surface area contributed by atoms with Gasteiger partial charge in [0.25, 0.3) is 0 Å². The molecule has 15 heavy (non-hydrogen) atoms. The van der Waals surface area contributed by atoms with Crippen LogP contribution in [0.15, 0.2) is 18.3 Å². The summed E-state index contributed by atoms with van der Waals surface area (Å²) in [4.78, 5) is 4.28. The zero-order valence-corrected chi connectivity index (χ0v) is 9.36. The molecule has 1 aliphatic heterocycles. The standard InChI is InChI=1S/C12H18N2O/c1-9-3-4-11(7-14-9)10(2)15-12-5-6-13-8-12/h3-4,7,10,12-13H,5-6,8H2,1-2H3/t10-,12+/m0/s1. The van der Waals surface area contributed by atoms with E-state index in [1.54, 1.807) is 0 Å². The van der Waals surface area contributed by atoms with Crippen molar-refractivity contribution in [3.05, 3.63) is 29.6 Å². The van der Waals surface area contributed by atoms with Crippen LogP contribution in [-0.2, 0) is 4.74 Å². The van der Waals surface area contributed by atoms with Gasteiger partial charge in [-0.15, -0.1) is 0 Å². The van der Waals surface area contributed by atoms with Crippen LogP contribution in [0.4, 0.5) is 0 Å². The summed E-state index contributed by atoms with van der Waals surface area (Å²) in [6, 6.07) is 4.12. The van der Waals surface area contributed by atoms with Crippen LogP contribution in [0.25, 0.3) is 0 Å². The smallest absolute Gasteiger partial charge is 0.0816 e. The Morgan fingerprint density at radius 2 is 2.40 bits per heavy atom. The van der Waals surface area contributed by atoms with E-state index in [0.29, 0.717) is 6.10 Å². The molecule has 82 valence electrons. The molecule has 1 N–H and O–H groups in total. The van der Waals surface area contributed by atoms with Crippen molar-refractivity contribution in [2.24, 2.45) is 0 Å². The maximum absolute atomic E-state index is 5.93. The van der Waals surface area contributed by atoms with Gasteiger partial charge in [0.15, 0.2) is 0 Å². The van der Waals surface area contributed by atoms with Gasteiger partial charge in [-0.2, -0.15) is 0 Å². The van der Waals surface area contributed by atoms with E-state index in [1.807, 2.05) is 19.2 Å². The van der Waals surface area contributed by atoms with Gasteiger partial charge in [0.2, 0.25) is 0 Å². The van der Waals surface area contributed by atoms with Gasteiger partial charge in [-0.25, -0.2) is 0 Å². The van der Waals surface area contributed by atoms with Gasteiger partial charge in [0.05, 0.1) is 12.2 Å². The fourth-order valence-electron chi connectivity index (χ4n) is 1.83. The lowest BCUT2D eigenvalue weighted by atomic mass is 10.1. The first kappa shape index (κ1) is 10.6. The van der Waals surface area contributed by atoms with Gasteiger partial charge in [-0.3, -0.25) is 4.98 Å². The molecule has 1 fully saturated rings. The minimum atomic E-state index is 0.142. The second kappa shape index (κ2) is 4.73.